The van der Waals surface area contributed by atoms with Gasteiger partial charge in [0.2, 0.25) is 0 Å². The summed E-state index contributed by atoms with van der Waals surface area (Å²) >= 11 is 2.06. The van der Waals surface area contributed by atoms with Crippen LogP contribution in [0.15, 0.2) is 0 Å². The zero-order valence-corrected chi connectivity index (χ0v) is 12.3. The van der Waals surface area contributed by atoms with Crippen molar-refractivity contribution in [1.82, 2.24) is 5.32 Å². The first-order valence-corrected chi connectivity index (χ1v) is 8.45. The fourth-order valence-electron chi connectivity index (χ4n) is 2.98. The minimum absolute atomic E-state index is 0.182. The van der Waals surface area contributed by atoms with Crippen LogP contribution in [-0.4, -0.2) is 48.0 Å². The number of aliphatic hydroxyl groups excluding tert-OH is 1. The maximum atomic E-state index is 8.92. The lowest BCUT2D eigenvalue weighted by Gasteiger charge is -2.43. The second-order valence-corrected chi connectivity index (χ2v) is 7.08. The highest BCUT2D eigenvalue weighted by molar-refractivity contribution is 7.99. The van der Waals surface area contributed by atoms with E-state index >= 15 is 0 Å². The lowest BCUT2D eigenvalue weighted by atomic mass is 9.85. The SMILES string of the molecule is CC(CCO)CNC1CCOC2(CCSCC2)C1. The molecule has 2 rings (SSSR count). The second kappa shape index (κ2) is 7.13. The first kappa shape index (κ1) is 14.6. The van der Waals surface area contributed by atoms with Gasteiger partial charge in [-0.05, 0) is 56.1 Å². The Morgan fingerprint density at radius 1 is 1.44 bits per heavy atom. The van der Waals surface area contributed by atoms with Crippen LogP contribution in [0.1, 0.15) is 39.0 Å². The molecule has 0 bridgehead atoms. The smallest absolute Gasteiger partial charge is 0.0713 e. The van der Waals surface area contributed by atoms with Crippen molar-refractivity contribution in [3.63, 3.8) is 0 Å². The molecule has 2 fully saturated rings. The van der Waals surface area contributed by atoms with Crippen molar-refractivity contribution in [2.75, 3.05) is 31.3 Å². The van der Waals surface area contributed by atoms with Gasteiger partial charge in [-0.1, -0.05) is 6.92 Å². The Morgan fingerprint density at radius 2 is 2.22 bits per heavy atom. The van der Waals surface area contributed by atoms with Gasteiger partial charge >= 0.3 is 0 Å². The number of thioether (sulfide) groups is 1. The van der Waals surface area contributed by atoms with Gasteiger partial charge in [0.1, 0.15) is 0 Å². The Hall–Kier alpha value is 0.230. The average Bonchev–Trinajstić information content (AvgIpc) is 2.38. The molecule has 2 saturated heterocycles. The van der Waals surface area contributed by atoms with Crippen LogP contribution in [0.3, 0.4) is 0 Å². The molecule has 0 amide bonds. The molecule has 0 aromatic heterocycles. The number of nitrogens with one attached hydrogen (secondary N) is 1. The Morgan fingerprint density at radius 3 is 2.94 bits per heavy atom. The van der Waals surface area contributed by atoms with Crippen molar-refractivity contribution >= 4 is 11.8 Å². The van der Waals surface area contributed by atoms with E-state index < -0.39 is 0 Å². The summed E-state index contributed by atoms with van der Waals surface area (Å²) in [5, 5.41) is 12.6. The monoisotopic (exact) mass is 273 g/mol. The summed E-state index contributed by atoms with van der Waals surface area (Å²) in [6.45, 7) is 4.44. The van der Waals surface area contributed by atoms with Gasteiger partial charge in [-0.25, -0.2) is 0 Å². The third kappa shape index (κ3) is 4.12. The molecule has 2 aliphatic heterocycles. The quantitative estimate of drug-likeness (QED) is 0.804. The molecule has 0 radical (unpaired) electrons. The summed E-state index contributed by atoms with van der Waals surface area (Å²) in [6, 6.07) is 0.614. The lowest BCUT2D eigenvalue weighted by molar-refractivity contribution is -0.0933. The molecule has 0 aromatic carbocycles. The summed E-state index contributed by atoms with van der Waals surface area (Å²) in [6.07, 6.45) is 5.67. The van der Waals surface area contributed by atoms with Crippen molar-refractivity contribution in [3.8, 4) is 0 Å². The molecule has 3 nitrogen and oxygen atoms in total. The van der Waals surface area contributed by atoms with Crippen molar-refractivity contribution < 1.29 is 9.84 Å². The van der Waals surface area contributed by atoms with Gasteiger partial charge in [0.15, 0.2) is 0 Å². The van der Waals surface area contributed by atoms with Crippen LogP contribution >= 0.6 is 11.8 Å². The normalized spacial score (nSPS) is 29.3. The molecule has 4 heteroatoms. The molecule has 18 heavy (non-hydrogen) atoms. The Labute approximate surface area is 115 Å². The van der Waals surface area contributed by atoms with Crippen LogP contribution in [0.4, 0.5) is 0 Å². The molecule has 2 atom stereocenters. The Kier molecular flexibility index (Phi) is 5.80. The predicted molar refractivity (Wildman–Crippen MR) is 77.1 cm³/mol. The topological polar surface area (TPSA) is 41.5 Å². The minimum atomic E-state index is 0.182. The molecule has 0 aliphatic carbocycles. The molecule has 2 heterocycles. The third-order valence-corrected chi connectivity index (χ3v) is 5.26. The largest absolute Gasteiger partial charge is 0.396 e. The average molecular weight is 273 g/mol. The summed E-state index contributed by atoms with van der Waals surface area (Å²) in [4.78, 5) is 0. The van der Waals surface area contributed by atoms with Crippen LogP contribution in [-0.2, 0) is 4.74 Å². The summed E-state index contributed by atoms with van der Waals surface area (Å²) in [5.74, 6) is 3.08. The highest BCUT2D eigenvalue weighted by Crippen LogP contribution is 2.37. The Bertz CT molecular complexity index is 238. The predicted octanol–water partition coefficient (Wildman–Crippen LogP) is 2.04. The lowest BCUT2D eigenvalue weighted by Crippen LogP contribution is -2.49. The van der Waals surface area contributed by atoms with Crippen molar-refractivity contribution in [2.45, 2.75) is 50.7 Å². The number of aliphatic hydroxyl groups is 1. The van der Waals surface area contributed by atoms with Gasteiger partial charge in [0.25, 0.3) is 0 Å². The maximum Gasteiger partial charge on any atom is 0.0713 e. The molecule has 0 aromatic rings. The van der Waals surface area contributed by atoms with Gasteiger partial charge in [-0.2, -0.15) is 11.8 Å². The van der Waals surface area contributed by atoms with E-state index in [1.54, 1.807) is 0 Å². The third-order valence-electron chi connectivity index (χ3n) is 4.27. The summed E-state index contributed by atoms with van der Waals surface area (Å²) in [7, 11) is 0. The van der Waals surface area contributed by atoms with Gasteiger partial charge in [-0.15, -0.1) is 0 Å². The van der Waals surface area contributed by atoms with Gasteiger partial charge in [0.05, 0.1) is 5.60 Å². The fourth-order valence-corrected chi connectivity index (χ4v) is 4.22. The molecular formula is C14H27NO2S. The van der Waals surface area contributed by atoms with Gasteiger partial charge < -0.3 is 15.2 Å². The molecular weight excluding hydrogens is 246 g/mol. The summed E-state index contributed by atoms with van der Waals surface area (Å²) < 4.78 is 6.10. The second-order valence-electron chi connectivity index (χ2n) is 5.86. The van der Waals surface area contributed by atoms with E-state index in [-0.39, 0.29) is 5.60 Å². The maximum absolute atomic E-state index is 8.92. The van der Waals surface area contributed by atoms with E-state index in [1.807, 2.05) is 0 Å². The molecule has 1 spiro atoms. The minimum Gasteiger partial charge on any atom is -0.396 e. The number of hydrogen-bond acceptors (Lipinski definition) is 4. The number of ether oxygens (including phenoxy) is 1. The molecule has 2 N–H and O–H groups in total. The zero-order chi connectivity index (χ0) is 12.8. The van der Waals surface area contributed by atoms with E-state index in [9.17, 15) is 0 Å². The van der Waals surface area contributed by atoms with Crippen LogP contribution in [0.2, 0.25) is 0 Å². The fraction of sp³-hybridized carbons (Fsp3) is 1.00. The van der Waals surface area contributed by atoms with Crippen LogP contribution < -0.4 is 5.32 Å². The standard InChI is InChI=1S/C14H27NO2S/c1-12(2-6-16)11-15-13-3-7-17-14(10-13)4-8-18-9-5-14/h12-13,15-16H,2-11H2,1H3. The highest BCUT2D eigenvalue weighted by atomic mass is 32.2. The zero-order valence-electron chi connectivity index (χ0n) is 11.5. The molecule has 106 valence electrons. The Balaban J connectivity index is 1.76. The van der Waals surface area contributed by atoms with Crippen molar-refractivity contribution in [1.29, 1.82) is 0 Å². The molecule has 0 saturated carbocycles. The van der Waals surface area contributed by atoms with Gasteiger partial charge in [0, 0.05) is 19.3 Å². The van der Waals surface area contributed by atoms with Crippen molar-refractivity contribution in [2.24, 2.45) is 5.92 Å². The summed E-state index contributed by atoms with van der Waals surface area (Å²) in [5.41, 5.74) is 0.182. The molecule has 2 unspecified atom stereocenters. The van der Waals surface area contributed by atoms with Crippen LogP contribution in [0, 0.1) is 5.92 Å². The van der Waals surface area contributed by atoms with E-state index in [0.29, 0.717) is 18.6 Å². The van der Waals surface area contributed by atoms with E-state index in [1.165, 1.54) is 30.8 Å². The first-order valence-electron chi connectivity index (χ1n) is 7.30. The van der Waals surface area contributed by atoms with E-state index in [2.05, 4.69) is 24.0 Å². The number of hydrogen-bond donors (Lipinski definition) is 2. The number of rotatable bonds is 5. The van der Waals surface area contributed by atoms with Crippen LogP contribution in [0.25, 0.3) is 0 Å². The van der Waals surface area contributed by atoms with Crippen LogP contribution in [0.5, 0.6) is 0 Å². The molecule has 2 aliphatic rings. The van der Waals surface area contributed by atoms with E-state index in [0.717, 1.165) is 26.0 Å². The van der Waals surface area contributed by atoms with Gasteiger partial charge in [-0.3, -0.25) is 0 Å². The van der Waals surface area contributed by atoms with Crippen molar-refractivity contribution in [3.05, 3.63) is 0 Å². The highest BCUT2D eigenvalue weighted by Gasteiger charge is 2.38. The first-order chi connectivity index (χ1) is 8.74. The van der Waals surface area contributed by atoms with E-state index in [4.69, 9.17) is 9.84 Å².